The van der Waals surface area contributed by atoms with Crippen LogP contribution in [0.15, 0.2) is 29.6 Å². The maximum atomic E-state index is 12.8. The summed E-state index contributed by atoms with van der Waals surface area (Å²) < 4.78 is 38.3. The Morgan fingerprint density at radius 1 is 1.24 bits per heavy atom. The van der Waals surface area contributed by atoms with Crippen LogP contribution >= 0.6 is 22.9 Å². The summed E-state index contributed by atoms with van der Waals surface area (Å²) in [6, 6.07) is 5.39. The molecule has 1 aromatic heterocycles. The molecule has 90 valence electrons. The van der Waals surface area contributed by atoms with Crippen molar-refractivity contribution in [2.24, 2.45) is 0 Å². The molecule has 6 heteroatoms. The molecule has 1 heterocycles. The lowest BCUT2D eigenvalue weighted by Gasteiger charge is -2.10. The second-order valence-corrected chi connectivity index (χ2v) is 4.45. The minimum Gasteiger partial charge on any atom is -0.240 e. The normalized spacial score (nSPS) is 11.8. The smallest absolute Gasteiger partial charge is 0.240 e. The molecule has 2 rings (SSSR count). The molecule has 1 nitrogen and oxygen atoms in total. The van der Waals surface area contributed by atoms with Gasteiger partial charge in [0.1, 0.15) is 5.01 Å². The summed E-state index contributed by atoms with van der Waals surface area (Å²) in [5, 5.41) is 2.00. The van der Waals surface area contributed by atoms with E-state index in [2.05, 4.69) is 4.98 Å². The van der Waals surface area contributed by atoms with Gasteiger partial charge >= 0.3 is 6.18 Å². The molecule has 2 aromatic rings. The molecule has 0 bridgehead atoms. The second-order valence-electron chi connectivity index (χ2n) is 3.32. The van der Waals surface area contributed by atoms with E-state index in [1.165, 1.54) is 12.1 Å². The fourth-order valence-corrected chi connectivity index (χ4v) is 2.50. The monoisotopic (exact) mass is 277 g/mol. The number of halogens is 4. The number of nitrogens with zero attached hydrogens (tertiary/aromatic N) is 1. The highest BCUT2D eigenvalue weighted by atomic mass is 35.5. The first-order valence-electron chi connectivity index (χ1n) is 4.69. The summed E-state index contributed by atoms with van der Waals surface area (Å²) in [7, 11) is 0. The number of rotatable bonds is 2. The number of thiazole rings is 1. The molecule has 1 aromatic carbocycles. The summed E-state index contributed by atoms with van der Waals surface area (Å²) in [6.07, 6.45) is -4.37. The molecule has 0 atom stereocenters. The maximum Gasteiger partial charge on any atom is 0.417 e. The highest BCUT2D eigenvalue weighted by molar-refractivity contribution is 7.13. The number of hydrogen-bond donors (Lipinski definition) is 0. The summed E-state index contributed by atoms with van der Waals surface area (Å²) in [5.41, 5.74) is 0.0143. The molecule has 0 fully saturated rings. The molecule has 17 heavy (non-hydrogen) atoms. The summed E-state index contributed by atoms with van der Waals surface area (Å²) in [4.78, 5) is 4.06. The van der Waals surface area contributed by atoms with E-state index < -0.39 is 11.7 Å². The van der Waals surface area contributed by atoms with Crippen LogP contribution in [0.4, 0.5) is 13.2 Å². The van der Waals surface area contributed by atoms with E-state index in [-0.39, 0.29) is 11.4 Å². The van der Waals surface area contributed by atoms with Crippen molar-refractivity contribution in [1.29, 1.82) is 0 Å². The minimum absolute atomic E-state index is 0.0985. The molecule has 0 aliphatic heterocycles. The lowest BCUT2D eigenvalue weighted by molar-refractivity contribution is -0.137. The molecule has 0 saturated heterocycles. The first-order chi connectivity index (χ1) is 8.02. The highest BCUT2D eigenvalue weighted by Gasteiger charge is 2.33. The van der Waals surface area contributed by atoms with Crippen LogP contribution in [0.25, 0.3) is 10.6 Å². The average molecular weight is 278 g/mol. The topological polar surface area (TPSA) is 12.9 Å². The SMILES string of the molecule is FC(F)(F)c1ccccc1-c1nc(CCl)cs1. The Labute approximate surface area is 105 Å². The van der Waals surface area contributed by atoms with Gasteiger partial charge in [0.05, 0.1) is 17.1 Å². The Morgan fingerprint density at radius 3 is 2.53 bits per heavy atom. The van der Waals surface area contributed by atoms with E-state index in [1.54, 1.807) is 11.4 Å². The van der Waals surface area contributed by atoms with Gasteiger partial charge in [-0.2, -0.15) is 13.2 Å². The van der Waals surface area contributed by atoms with Crippen molar-refractivity contribution in [1.82, 2.24) is 4.98 Å². The van der Waals surface area contributed by atoms with Gasteiger partial charge in [0, 0.05) is 10.9 Å². The summed E-state index contributed by atoms with van der Waals surface area (Å²) in [5.74, 6) is 0.199. The lowest BCUT2D eigenvalue weighted by Crippen LogP contribution is -2.06. The van der Waals surface area contributed by atoms with Crippen molar-refractivity contribution >= 4 is 22.9 Å². The van der Waals surface area contributed by atoms with Crippen LogP contribution < -0.4 is 0 Å². The van der Waals surface area contributed by atoms with Crippen molar-refractivity contribution in [2.75, 3.05) is 0 Å². The molecule has 0 unspecified atom stereocenters. The van der Waals surface area contributed by atoms with Gasteiger partial charge in [0.15, 0.2) is 0 Å². The Hall–Kier alpha value is -1.07. The third kappa shape index (κ3) is 2.61. The van der Waals surface area contributed by atoms with E-state index in [9.17, 15) is 13.2 Å². The number of benzene rings is 1. The van der Waals surface area contributed by atoms with Gasteiger partial charge in [-0.25, -0.2) is 4.98 Å². The van der Waals surface area contributed by atoms with Crippen LogP contribution in [0.1, 0.15) is 11.3 Å². The predicted octanol–water partition coefficient (Wildman–Crippen LogP) is 4.57. The molecule has 0 radical (unpaired) electrons. The van der Waals surface area contributed by atoms with E-state index in [4.69, 9.17) is 11.6 Å². The third-order valence-corrected chi connectivity index (χ3v) is 3.35. The van der Waals surface area contributed by atoms with Gasteiger partial charge in [0.25, 0.3) is 0 Å². The van der Waals surface area contributed by atoms with Crippen molar-refractivity contribution in [3.05, 3.63) is 40.9 Å². The largest absolute Gasteiger partial charge is 0.417 e. The first kappa shape index (κ1) is 12.4. The van der Waals surface area contributed by atoms with Crippen LogP contribution in [0.5, 0.6) is 0 Å². The van der Waals surface area contributed by atoms with E-state index >= 15 is 0 Å². The van der Waals surface area contributed by atoms with Crippen molar-refractivity contribution < 1.29 is 13.2 Å². The van der Waals surface area contributed by atoms with Gasteiger partial charge in [-0.3, -0.25) is 0 Å². The zero-order valence-corrected chi connectivity index (χ0v) is 10.0. The Bertz CT molecular complexity index is 521. The predicted molar refractivity (Wildman–Crippen MR) is 62.1 cm³/mol. The van der Waals surface area contributed by atoms with E-state index in [0.29, 0.717) is 10.7 Å². The van der Waals surface area contributed by atoms with Gasteiger partial charge in [0.2, 0.25) is 0 Å². The first-order valence-corrected chi connectivity index (χ1v) is 6.11. The van der Waals surface area contributed by atoms with Crippen LogP contribution in [-0.2, 0) is 12.1 Å². The molecule has 0 amide bonds. The highest BCUT2D eigenvalue weighted by Crippen LogP contribution is 2.37. The molecule has 0 aliphatic carbocycles. The quantitative estimate of drug-likeness (QED) is 0.733. The zero-order chi connectivity index (χ0) is 12.5. The lowest BCUT2D eigenvalue weighted by atomic mass is 10.1. The van der Waals surface area contributed by atoms with Crippen LogP contribution in [0.2, 0.25) is 0 Å². The fourth-order valence-electron chi connectivity index (χ4n) is 1.41. The maximum absolute atomic E-state index is 12.8. The van der Waals surface area contributed by atoms with Gasteiger partial charge < -0.3 is 0 Å². The van der Waals surface area contributed by atoms with Crippen molar-refractivity contribution in [2.45, 2.75) is 12.1 Å². The van der Waals surface area contributed by atoms with Crippen LogP contribution in [0.3, 0.4) is 0 Å². The van der Waals surface area contributed by atoms with Crippen LogP contribution in [0, 0.1) is 0 Å². The second kappa shape index (κ2) is 4.66. The zero-order valence-electron chi connectivity index (χ0n) is 8.46. The Morgan fingerprint density at radius 2 is 1.94 bits per heavy atom. The Kier molecular flexibility index (Phi) is 3.40. The van der Waals surface area contributed by atoms with Gasteiger partial charge in [-0.05, 0) is 6.07 Å². The Balaban J connectivity index is 2.52. The van der Waals surface area contributed by atoms with Crippen molar-refractivity contribution in [3.63, 3.8) is 0 Å². The van der Waals surface area contributed by atoms with Gasteiger partial charge in [-0.15, -0.1) is 22.9 Å². The molecule has 0 spiro atoms. The summed E-state index contributed by atoms with van der Waals surface area (Å²) >= 11 is 6.74. The minimum atomic E-state index is -4.37. The molecule has 0 aliphatic rings. The van der Waals surface area contributed by atoms with Crippen LogP contribution in [-0.4, -0.2) is 4.98 Å². The number of alkyl halides is 4. The number of hydrogen-bond acceptors (Lipinski definition) is 2. The standard InChI is InChI=1S/C11H7ClF3NS/c12-5-7-6-17-10(16-7)8-3-1-2-4-9(8)11(13,14)15/h1-4,6H,5H2. The van der Waals surface area contributed by atoms with E-state index in [1.807, 2.05) is 0 Å². The molecule has 0 N–H and O–H groups in total. The molecular weight excluding hydrogens is 271 g/mol. The van der Waals surface area contributed by atoms with Gasteiger partial charge in [-0.1, -0.05) is 18.2 Å². The fraction of sp³-hybridized carbons (Fsp3) is 0.182. The molecular formula is C11H7ClF3NS. The van der Waals surface area contributed by atoms with E-state index in [0.717, 1.165) is 17.4 Å². The third-order valence-electron chi connectivity index (χ3n) is 2.15. The molecule has 0 saturated carbocycles. The average Bonchev–Trinajstić information content (AvgIpc) is 2.76. The van der Waals surface area contributed by atoms with Crippen molar-refractivity contribution in [3.8, 4) is 10.6 Å². The number of aromatic nitrogens is 1. The summed E-state index contributed by atoms with van der Waals surface area (Å²) in [6.45, 7) is 0.